The van der Waals surface area contributed by atoms with Crippen LogP contribution in [-0.2, 0) is 16.4 Å². The number of benzene rings is 1. The second kappa shape index (κ2) is 14.9. The number of hydrogen-bond acceptors (Lipinski definition) is 15. The van der Waals surface area contributed by atoms with Crippen LogP contribution in [-0.4, -0.2) is 105 Å². The minimum atomic E-state index is -3.50. The highest BCUT2D eigenvalue weighted by atomic mass is 32.2. The molecule has 15 nitrogen and oxygen atoms in total. The van der Waals surface area contributed by atoms with E-state index >= 15 is 0 Å². The molecule has 18 heteroatoms. The minimum Gasteiger partial charge on any atom is -0.492 e. The van der Waals surface area contributed by atoms with E-state index < -0.39 is 9.84 Å². The van der Waals surface area contributed by atoms with E-state index in [9.17, 15) is 18.0 Å². The molecule has 2 amide bonds. The molecule has 8 rings (SSSR count). The van der Waals surface area contributed by atoms with Gasteiger partial charge >= 0.3 is 0 Å². The number of fused-ring (bicyclic) bond motifs is 3. The van der Waals surface area contributed by atoms with Gasteiger partial charge in [-0.3, -0.25) is 14.6 Å². The lowest BCUT2D eigenvalue weighted by Gasteiger charge is -2.25. The Morgan fingerprint density at radius 3 is 2.02 bits per heavy atom. The largest absolute Gasteiger partial charge is 0.492 e. The number of likely N-dealkylation sites (tertiary alicyclic amines) is 2. The predicted molar refractivity (Wildman–Crippen MR) is 195 cm³/mol. The van der Waals surface area contributed by atoms with Gasteiger partial charge in [0.25, 0.3) is 11.8 Å². The predicted octanol–water partition coefficient (Wildman–Crippen LogP) is 4.90. The molecule has 1 aromatic carbocycles. The van der Waals surface area contributed by atoms with Crippen molar-refractivity contribution in [3.8, 4) is 5.75 Å². The highest BCUT2D eigenvalue weighted by molar-refractivity contribution is 7.90. The molecule has 7 heterocycles. The van der Waals surface area contributed by atoms with Crippen molar-refractivity contribution in [3.63, 3.8) is 0 Å². The van der Waals surface area contributed by atoms with Crippen LogP contribution < -0.4 is 10.1 Å². The highest BCUT2D eigenvalue weighted by Gasteiger charge is 2.26. The van der Waals surface area contributed by atoms with Gasteiger partial charge in [0.15, 0.2) is 30.7 Å². The van der Waals surface area contributed by atoms with Crippen LogP contribution in [0.15, 0.2) is 34.8 Å². The van der Waals surface area contributed by atoms with Gasteiger partial charge in [-0.1, -0.05) is 22.7 Å². The number of rotatable bonds is 7. The smallest absolute Gasteiger partial charge is 0.282 e. The standard InChI is InChI=1S/C21H22N6O2S.C12H14N4O3S2/c1-2-29-16-9-14-11-22-10-13(14)8-15(16)25-18-17-19(24-12-23-18)30-20(26-17)21(28)27-6-4-3-5-7-27;1-21(18,19)11-8-9(13-7-14-11)20-10(15-8)12(17)16-5-3-2-4-6-16/h8-10,12H,2-7,11H2,1H3,(H,23,24,25);7H,2-6H2,1H3. The summed E-state index contributed by atoms with van der Waals surface area (Å²) in [4.78, 5) is 59.7. The Bertz CT molecular complexity index is 2240. The number of thiazole rings is 2. The molecule has 3 aliphatic heterocycles. The van der Waals surface area contributed by atoms with E-state index in [0.717, 1.165) is 98.4 Å². The lowest BCUT2D eigenvalue weighted by Crippen LogP contribution is -2.35. The van der Waals surface area contributed by atoms with Crippen molar-refractivity contribution in [3.05, 3.63) is 45.9 Å². The first-order chi connectivity index (χ1) is 24.7. The summed E-state index contributed by atoms with van der Waals surface area (Å²) in [5.41, 5.74) is 3.77. The van der Waals surface area contributed by atoms with E-state index in [1.165, 1.54) is 30.4 Å². The van der Waals surface area contributed by atoms with Crippen LogP contribution in [0, 0.1) is 0 Å². The maximum absolute atomic E-state index is 12.9. The Hall–Kier alpha value is -4.68. The summed E-state index contributed by atoms with van der Waals surface area (Å²) < 4.78 is 29.2. The second-order valence-electron chi connectivity index (χ2n) is 12.3. The van der Waals surface area contributed by atoms with Crippen molar-refractivity contribution in [2.75, 3.05) is 44.4 Å². The molecule has 2 saturated heterocycles. The van der Waals surface area contributed by atoms with Gasteiger partial charge in [0, 0.05) is 38.6 Å². The molecule has 0 atom stereocenters. The van der Waals surface area contributed by atoms with Crippen molar-refractivity contribution >= 4 is 82.7 Å². The number of amides is 2. The summed E-state index contributed by atoms with van der Waals surface area (Å²) in [7, 11) is -3.50. The first kappa shape index (κ1) is 34.8. The Labute approximate surface area is 302 Å². The second-order valence-corrected chi connectivity index (χ2v) is 16.2. The Morgan fingerprint density at radius 1 is 0.824 bits per heavy atom. The van der Waals surface area contributed by atoms with Gasteiger partial charge in [0.1, 0.15) is 39.1 Å². The van der Waals surface area contributed by atoms with Crippen LogP contribution in [0.2, 0.25) is 0 Å². The zero-order valence-corrected chi connectivity index (χ0v) is 30.6. The SMILES string of the molecule is CCOc1cc2c(cc1Nc1ncnc3sc(C(=O)N4CCCCC4)nc13)C=NC2.CS(=O)(=O)c1ncnc2sc(C(=O)N3CCCCC3)nc12. The summed E-state index contributed by atoms with van der Waals surface area (Å²) in [6, 6.07) is 4.02. The molecule has 0 bridgehead atoms. The number of ether oxygens (including phenoxy) is 1. The van der Waals surface area contributed by atoms with Crippen molar-refractivity contribution in [2.45, 2.75) is 57.0 Å². The lowest BCUT2D eigenvalue weighted by molar-refractivity contribution is 0.0717. The van der Waals surface area contributed by atoms with Gasteiger partial charge in [-0.05, 0) is 68.7 Å². The zero-order valence-electron chi connectivity index (χ0n) is 28.2. The molecular weight excluding hydrogens is 713 g/mol. The lowest BCUT2D eigenvalue weighted by atomic mass is 10.1. The summed E-state index contributed by atoms with van der Waals surface area (Å²) in [6.07, 6.45) is 12.0. The van der Waals surface area contributed by atoms with Crippen molar-refractivity contribution in [2.24, 2.45) is 4.99 Å². The van der Waals surface area contributed by atoms with Gasteiger partial charge in [-0.2, -0.15) is 0 Å². The average Bonchev–Trinajstić information content (AvgIpc) is 3.90. The van der Waals surface area contributed by atoms with Crippen LogP contribution in [0.4, 0.5) is 11.5 Å². The fourth-order valence-corrected chi connectivity index (χ4v) is 8.68. The molecule has 0 unspecified atom stereocenters. The molecule has 0 aliphatic carbocycles. The van der Waals surface area contributed by atoms with Crippen molar-refractivity contribution in [1.29, 1.82) is 0 Å². The van der Waals surface area contributed by atoms with Crippen LogP contribution >= 0.6 is 22.7 Å². The fourth-order valence-electron chi connectivity index (χ4n) is 6.14. The van der Waals surface area contributed by atoms with Gasteiger partial charge in [0.2, 0.25) is 0 Å². The van der Waals surface area contributed by atoms with Crippen molar-refractivity contribution in [1.82, 2.24) is 39.7 Å². The quantitative estimate of drug-likeness (QED) is 0.222. The van der Waals surface area contributed by atoms with E-state index in [-0.39, 0.29) is 27.4 Å². The van der Waals surface area contributed by atoms with E-state index in [1.807, 2.05) is 30.2 Å². The number of carbonyl (C=O) groups excluding carboxylic acids is 2. The number of piperidine rings is 2. The molecule has 3 aliphatic rings. The molecule has 0 spiro atoms. The molecule has 0 saturated carbocycles. The average molecular weight is 749 g/mol. The number of carbonyl (C=O) groups is 2. The Morgan fingerprint density at radius 2 is 1.41 bits per heavy atom. The number of nitrogens with zero attached hydrogens (tertiary/aromatic N) is 9. The fraction of sp³-hybridized carbons (Fsp3) is 0.424. The summed E-state index contributed by atoms with van der Waals surface area (Å²) in [5.74, 6) is 1.13. The van der Waals surface area contributed by atoms with E-state index in [1.54, 1.807) is 4.90 Å². The molecule has 2 fully saturated rings. The number of aliphatic imine (C=N–C) groups is 1. The van der Waals surface area contributed by atoms with E-state index in [4.69, 9.17) is 4.74 Å². The third-order valence-electron chi connectivity index (χ3n) is 8.65. The molecular formula is C33H36N10O5S3. The number of anilines is 2. The van der Waals surface area contributed by atoms with Crippen LogP contribution in [0.3, 0.4) is 0 Å². The molecule has 1 N–H and O–H groups in total. The molecule has 0 radical (unpaired) electrons. The number of nitrogens with one attached hydrogen (secondary N) is 1. The van der Waals surface area contributed by atoms with E-state index in [2.05, 4.69) is 40.2 Å². The normalized spacial score (nSPS) is 15.8. The van der Waals surface area contributed by atoms with E-state index in [0.29, 0.717) is 39.2 Å². The summed E-state index contributed by atoms with van der Waals surface area (Å²) in [5, 5.41) is 3.95. The minimum absolute atomic E-state index is 0.0209. The van der Waals surface area contributed by atoms with Crippen molar-refractivity contribution < 1.29 is 22.7 Å². The van der Waals surface area contributed by atoms with Gasteiger partial charge in [-0.15, -0.1) is 0 Å². The maximum Gasteiger partial charge on any atom is 0.282 e. The Kier molecular flexibility index (Phi) is 10.1. The maximum atomic E-state index is 12.9. The number of hydrogen-bond donors (Lipinski definition) is 1. The van der Waals surface area contributed by atoms with Gasteiger partial charge in [0.05, 0.1) is 18.8 Å². The molecule has 4 aromatic heterocycles. The first-order valence-corrected chi connectivity index (χ1v) is 20.3. The third kappa shape index (κ3) is 7.52. The van der Waals surface area contributed by atoms with Crippen LogP contribution in [0.5, 0.6) is 5.75 Å². The van der Waals surface area contributed by atoms with Gasteiger partial charge < -0.3 is 19.9 Å². The van der Waals surface area contributed by atoms with Gasteiger partial charge in [-0.25, -0.2) is 38.3 Å². The highest BCUT2D eigenvalue weighted by Crippen LogP contribution is 2.35. The van der Waals surface area contributed by atoms with Crippen LogP contribution in [0.25, 0.3) is 20.7 Å². The summed E-state index contributed by atoms with van der Waals surface area (Å²) >= 11 is 2.42. The topological polar surface area (TPSA) is 186 Å². The zero-order chi connectivity index (χ0) is 35.5. The molecule has 266 valence electrons. The summed E-state index contributed by atoms with van der Waals surface area (Å²) in [6.45, 7) is 6.20. The monoisotopic (exact) mass is 748 g/mol. The third-order valence-corrected chi connectivity index (χ3v) is 11.6. The number of aromatic nitrogens is 6. The molecule has 51 heavy (non-hydrogen) atoms. The number of sulfone groups is 1. The first-order valence-electron chi connectivity index (χ1n) is 16.8. The molecule has 5 aromatic rings. The van der Waals surface area contributed by atoms with Crippen LogP contribution in [0.1, 0.15) is 76.2 Å². The Balaban J connectivity index is 0.000000170.